The summed E-state index contributed by atoms with van der Waals surface area (Å²) in [4.78, 5) is 23.5. The van der Waals surface area contributed by atoms with Crippen molar-refractivity contribution in [3.05, 3.63) is 40.7 Å². The minimum absolute atomic E-state index is 0.00853. The van der Waals surface area contributed by atoms with Gasteiger partial charge in [0.2, 0.25) is 5.88 Å². The highest BCUT2D eigenvalue weighted by Gasteiger charge is 2.29. The quantitative estimate of drug-likeness (QED) is 0.857. The van der Waals surface area contributed by atoms with Gasteiger partial charge >= 0.3 is 0 Å². The number of piperidine rings is 1. The Kier molecular flexibility index (Phi) is 5.07. The van der Waals surface area contributed by atoms with Crippen molar-refractivity contribution < 1.29 is 14.3 Å². The number of carbonyl (C=O) groups excluding carboxylic acids is 1. The van der Waals surface area contributed by atoms with Crippen molar-refractivity contribution in [3.63, 3.8) is 0 Å². The highest BCUT2D eigenvalue weighted by molar-refractivity contribution is 6.00. The molecule has 0 spiro atoms. The number of methoxy groups -OCH3 is 1. The molecule has 28 heavy (non-hydrogen) atoms. The van der Waals surface area contributed by atoms with Crippen molar-refractivity contribution in [2.24, 2.45) is 0 Å². The van der Waals surface area contributed by atoms with E-state index in [9.17, 15) is 4.79 Å². The van der Waals surface area contributed by atoms with Crippen molar-refractivity contribution in [2.45, 2.75) is 45.8 Å². The molecule has 2 aliphatic heterocycles. The molecule has 0 aromatic carbocycles. The van der Waals surface area contributed by atoms with Gasteiger partial charge in [-0.25, -0.2) is 9.97 Å². The number of amides is 1. The van der Waals surface area contributed by atoms with Crippen LogP contribution >= 0.6 is 0 Å². The number of pyridine rings is 2. The predicted molar refractivity (Wildman–Crippen MR) is 106 cm³/mol. The Hall–Kier alpha value is -2.83. The second-order valence-electron chi connectivity index (χ2n) is 7.24. The zero-order valence-electron chi connectivity index (χ0n) is 16.6. The molecule has 7 nitrogen and oxygen atoms in total. The van der Waals surface area contributed by atoms with Crippen LogP contribution < -0.4 is 19.7 Å². The standard InChI is InChI=1S/C21H26N4O3/c1-4-16-13(2)20(24-17-12-23-21(26)19(16)17)25-9-7-14(8-10-25)28-15-5-6-18(27-3)22-11-15/h5-6,11,14H,4,7-10,12H2,1-3H3,(H,23,26). The van der Waals surface area contributed by atoms with Crippen LogP contribution in [-0.4, -0.2) is 42.2 Å². The first-order valence-electron chi connectivity index (χ1n) is 9.83. The zero-order chi connectivity index (χ0) is 19.7. The summed E-state index contributed by atoms with van der Waals surface area (Å²) in [6.45, 7) is 6.47. The SMILES string of the molecule is CCc1c(C)c(N2CCC(Oc3ccc(OC)nc3)CC2)nc2c1C(=O)NC2. The van der Waals surface area contributed by atoms with Gasteiger partial charge in [-0.05, 0) is 30.5 Å². The Labute approximate surface area is 165 Å². The topological polar surface area (TPSA) is 76.6 Å². The summed E-state index contributed by atoms with van der Waals surface area (Å²) < 4.78 is 11.2. The van der Waals surface area contributed by atoms with E-state index in [1.165, 1.54) is 0 Å². The Morgan fingerprint density at radius 2 is 2.07 bits per heavy atom. The predicted octanol–water partition coefficient (Wildman–Crippen LogP) is 2.65. The van der Waals surface area contributed by atoms with Crippen molar-refractivity contribution in [1.82, 2.24) is 15.3 Å². The molecule has 1 N–H and O–H groups in total. The summed E-state index contributed by atoms with van der Waals surface area (Å²) in [6, 6.07) is 3.70. The molecule has 1 fully saturated rings. The molecule has 2 aromatic heterocycles. The van der Waals surface area contributed by atoms with Crippen LogP contribution in [0.25, 0.3) is 0 Å². The number of nitrogens with zero attached hydrogens (tertiary/aromatic N) is 3. The molecule has 4 rings (SSSR count). The van der Waals surface area contributed by atoms with Gasteiger partial charge in [0.1, 0.15) is 17.7 Å². The van der Waals surface area contributed by atoms with Gasteiger partial charge in [0, 0.05) is 32.0 Å². The monoisotopic (exact) mass is 382 g/mol. The van der Waals surface area contributed by atoms with Gasteiger partial charge in [0.05, 0.1) is 31.1 Å². The molecule has 0 bridgehead atoms. The first-order chi connectivity index (χ1) is 13.6. The van der Waals surface area contributed by atoms with E-state index in [-0.39, 0.29) is 12.0 Å². The van der Waals surface area contributed by atoms with Crippen molar-refractivity contribution in [1.29, 1.82) is 0 Å². The number of anilines is 1. The maximum absolute atomic E-state index is 12.1. The summed E-state index contributed by atoms with van der Waals surface area (Å²) in [5.74, 6) is 2.37. The van der Waals surface area contributed by atoms with E-state index < -0.39 is 0 Å². The third-order valence-electron chi connectivity index (χ3n) is 5.58. The summed E-state index contributed by atoms with van der Waals surface area (Å²) in [7, 11) is 1.60. The van der Waals surface area contributed by atoms with Gasteiger partial charge in [-0.15, -0.1) is 0 Å². The minimum atomic E-state index is 0.00853. The highest BCUT2D eigenvalue weighted by atomic mass is 16.5. The molecule has 1 amide bonds. The van der Waals surface area contributed by atoms with Crippen molar-refractivity contribution in [2.75, 3.05) is 25.1 Å². The Balaban J connectivity index is 1.46. The van der Waals surface area contributed by atoms with Gasteiger partial charge in [0.15, 0.2) is 0 Å². The van der Waals surface area contributed by atoms with Gasteiger partial charge in [-0.1, -0.05) is 6.92 Å². The molecule has 0 aliphatic carbocycles. The van der Waals surface area contributed by atoms with Crippen LogP contribution in [0.2, 0.25) is 0 Å². The van der Waals surface area contributed by atoms with Gasteiger partial charge < -0.3 is 19.7 Å². The maximum Gasteiger partial charge on any atom is 0.253 e. The first-order valence-corrected chi connectivity index (χ1v) is 9.83. The molecule has 2 aromatic rings. The Bertz CT molecular complexity index is 874. The van der Waals surface area contributed by atoms with E-state index in [0.29, 0.717) is 12.4 Å². The van der Waals surface area contributed by atoms with E-state index in [0.717, 1.165) is 66.3 Å². The number of rotatable bonds is 5. The van der Waals surface area contributed by atoms with Crippen LogP contribution in [0.4, 0.5) is 5.82 Å². The second kappa shape index (κ2) is 7.66. The highest BCUT2D eigenvalue weighted by Crippen LogP contribution is 2.31. The van der Waals surface area contributed by atoms with E-state index in [1.807, 2.05) is 12.1 Å². The number of hydrogen-bond donors (Lipinski definition) is 1. The van der Waals surface area contributed by atoms with E-state index >= 15 is 0 Å². The number of aromatic nitrogens is 2. The largest absolute Gasteiger partial charge is 0.489 e. The lowest BCUT2D eigenvalue weighted by molar-refractivity contribution is 0.0965. The van der Waals surface area contributed by atoms with Crippen LogP contribution in [0.15, 0.2) is 18.3 Å². The van der Waals surface area contributed by atoms with Crippen LogP contribution in [0.1, 0.15) is 46.9 Å². The molecule has 148 valence electrons. The molecule has 0 saturated carbocycles. The molecular formula is C21H26N4O3. The summed E-state index contributed by atoms with van der Waals surface area (Å²) in [5.41, 5.74) is 3.91. The smallest absolute Gasteiger partial charge is 0.253 e. The van der Waals surface area contributed by atoms with Crippen molar-refractivity contribution in [3.8, 4) is 11.6 Å². The van der Waals surface area contributed by atoms with E-state index in [4.69, 9.17) is 14.5 Å². The third kappa shape index (κ3) is 3.37. The summed E-state index contributed by atoms with van der Waals surface area (Å²) in [6.07, 6.45) is 4.54. The Morgan fingerprint density at radius 1 is 1.29 bits per heavy atom. The number of nitrogens with one attached hydrogen (secondary N) is 1. The molecular weight excluding hydrogens is 356 g/mol. The van der Waals surface area contributed by atoms with E-state index in [2.05, 4.69) is 29.0 Å². The molecule has 0 radical (unpaired) electrons. The van der Waals surface area contributed by atoms with Gasteiger partial charge in [-0.2, -0.15) is 0 Å². The second-order valence-corrected chi connectivity index (χ2v) is 7.24. The number of hydrogen-bond acceptors (Lipinski definition) is 6. The van der Waals surface area contributed by atoms with Gasteiger partial charge in [0.25, 0.3) is 5.91 Å². The molecule has 7 heteroatoms. The lowest BCUT2D eigenvalue weighted by Gasteiger charge is -2.34. The maximum atomic E-state index is 12.1. The van der Waals surface area contributed by atoms with Crippen molar-refractivity contribution >= 4 is 11.7 Å². The minimum Gasteiger partial charge on any atom is -0.489 e. The summed E-state index contributed by atoms with van der Waals surface area (Å²) >= 11 is 0. The lowest BCUT2D eigenvalue weighted by atomic mass is 9.98. The third-order valence-corrected chi connectivity index (χ3v) is 5.58. The summed E-state index contributed by atoms with van der Waals surface area (Å²) in [5, 5.41) is 2.90. The fraction of sp³-hybridized carbons (Fsp3) is 0.476. The van der Waals surface area contributed by atoms with E-state index in [1.54, 1.807) is 13.3 Å². The number of carbonyl (C=O) groups is 1. The fourth-order valence-electron chi connectivity index (χ4n) is 4.10. The normalized spacial score (nSPS) is 16.7. The van der Waals surface area contributed by atoms with Crippen LogP contribution in [-0.2, 0) is 13.0 Å². The molecule has 0 atom stereocenters. The number of ether oxygens (including phenoxy) is 2. The molecule has 2 aliphatic rings. The Morgan fingerprint density at radius 3 is 2.71 bits per heavy atom. The molecule has 0 unspecified atom stereocenters. The average molecular weight is 382 g/mol. The first kappa shape index (κ1) is 18.5. The fourth-order valence-corrected chi connectivity index (χ4v) is 4.10. The average Bonchev–Trinajstić information content (AvgIpc) is 3.09. The number of fused-ring (bicyclic) bond motifs is 1. The van der Waals surface area contributed by atoms with Gasteiger partial charge in [-0.3, -0.25) is 4.79 Å². The zero-order valence-corrected chi connectivity index (χ0v) is 16.6. The lowest BCUT2D eigenvalue weighted by Crippen LogP contribution is -2.39. The van der Waals surface area contributed by atoms with Crippen LogP contribution in [0.3, 0.4) is 0 Å². The van der Waals surface area contributed by atoms with Crippen LogP contribution in [0, 0.1) is 6.92 Å². The van der Waals surface area contributed by atoms with Crippen LogP contribution in [0.5, 0.6) is 11.6 Å². The molecule has 4 heterocycles. The molecule has 1 saturated heterocycles.